The molecule has 24 heavy (non-hydrogen) atoms. The van der Waals surface area contributed by atoms with Gasteiger partial charge < -0.3 is 15.7 Å². The largest absolute Gasteiger partial charge is 0.383 e. The van der Waals surface area contributed by atoms with Crippen molar-refractivity contribution in [3.8, 4) is 0 Å². The molecular formula is C18H18F2N2O2. The summed E-state index contributed by atoms with van der Waals surface area (Å²) in [6.45, 7) is -0.0381. The zero-order valence-corrected chi connectivity index (χ0v) is 12.9. The van der Waals surface area contributed by atoms with Crippen LogP contribution < -0.4 is 10.6 Å². The summed E-state index contributed by atoms with van der Waals surface area (Å²) < 4.78 is 27.1. The van der Waals surface area contributed by atoms with E-state index >= 15 is 0 Å². The highest BCUT2D eigenvalue weighted by Crippen LogP contribution is 2.45. The first-order valence-corrected chi connectivity index (χ1v) is 7.77. The van der Waals surface area contributed by atoms with Crippen LogP contribution in [0.2, 0.25) is 0 Å². The summed E-state index contributed by atoms with van der Waals surface area (Å²) >= 11 is 0. The summed E-state index contributed by atoms with van der Waals surface area (Å²) in [6, 6.07) is 11.6. The fraction of sp³-hybridized carbons (Fsp3) is 0.278. The summed E-state index contributed by atoms with van der Waals surface area (Å²) in [4.78, 5) is 12.0. The average Bonchev–Trinajstić information content (AvgIpc) is 3.42. The van der Waals surface area contributed by atoms with Crippen LogP contribution in [0.5, 0.6) is 0 Å². The molecule has 0 bridgehead atoms. The van der Waals surface area contributed by atoms with Crippen LogP contribution in [-0.2, 0) is 5.60 Å². The number of amides is 2. The van der Waals surface area contributed by atoms with E-state index in [2.05, 4.69) is 10.6 Å². The normalized spacial score (nSPS) is 16.3. The van der Waals surface area contributed by atoms with Gasteiger partial charge in [0.2, 0.25) is 0 Å². The molecule has 0 heterocycles. The van der Waals surface area contributed by atoms with Gasteiger partial charge in [-0.3, -0.25) is 0 Å². The smallest absolute Gasteiger partial charge is 0.319 e. The quantitative estimate of drug-likeness (QED) is 0.786. The molecule has 1 fully saturated rings. The lowest BCUT2D eigenvalue weighted by molar-refractivity contribution is 0.0164. The van der Waals surface area contributed by atoms with E-state index in [0.717, 1.165) is 25.0 Å². The zero-order valence-electron chi connectivity index (χ0n) is 12.9. The molecule has 1 atom stereocenters. The molecule has 1 aliphatic carbocycles. The first-order chi connectivity index (χ1) is 11.5. The number of anilines is 1. The molecule has 2 aromatic rings. The number of aliphatic hydroxyl groups is 1. The molecule has 1 saturated carbocycles. The Morgan fingerprint density at radius 1 is 1.08 bits per heavy atom. The molecular weight excluding hydrogens is 314 g/mol. The van der Waals surface area contributed by atoms with Crippen LogP contribution in [0.3, 0.4) is 0 Å². The Hall–Kier alpha value is -2.47. The van der Waals surface area contributed by atoms with Gasteiger partial charge >= 0.3 is 6.03 Å². The van der Waals surface area contributed by atoms with Crippen LogP contribution in [0.4, 0.5) is 19.3 Å². The van der Waals surface area contributed by atoms with Gasteiger partial charge in [0.1, 0.15) is 22.9 Å². The van der Waals surface area contributed by atoms with E-state index in [0.29, 0.717) is 5.56 Å². The van der Waals surface area contributed by atoms with E-state index in [1.54, 1.807) is 12.1 Å². The Morgan fingerprint density at radius 2 is 1.71 bits per heavy atom. The number of hydrogen-bond acceptors (Lipinski definition) is 2. The van der Waals surface area contributed by atoms with Crippen molar-refractivity contribution < 1.29 is 18.7 Å². The summed E-state index contributed by atoms with van der Waals surface area (Å²) in [5.41, 5.74) is -0.985. The predicted octanol–water partition coefficient (Wildman–Crippen LogP) is 3.38. The highest BCUT2D eigenvalue weighted by atomic mass is 19.1. The monoisotopic (exact) mass is 332 g/mol. The van der Waals surface area contributed by atoms with E-state index in [-0.39, 0.29) is 12.5 Å². The number of carbonyl (C=O) groups excluding carboxylic acids is 1. The SMILES string of the molecule is O=C(NC[C@@](O)(c1ccccc1)C1CC1)Nc1c(F)cccc1F. The number of halogens is 2. The molecule has 3 N–H and O–H groups in total. The summed E-state index contributed by atoms with van der Waals surface area (Å²) in [5.74, 6) is -1.65. The van der Waals surface area contributed by atoms with Gasteiger partial charge in [0.05, 0.1) is 6.54 Å². The third kappa shape index (κ3) is 3.38. The van der Waals surface area contributed by atoms with Gasteiger partial charge in [-0.1, -0.05) is 36.4 Å². The number of urea groups is 1. The van der Waals surface area contributed by atoms with E-state index in [9.17, 15) is 18.7 Å². The number of rotatable bonds is 5. The zero-order chi connectivity index (χ0) is 17.2. The molecule has 0 unspecified atom stereocenters. The maximum absolute atomic E-state index is 13.6. The summed E-state index contributed by atoms with van der Waals surface area (Å²) in [7, 11) is 0. The van der Waals surface area contributed by atoms with Crippen molar-refractivity contribution in [3.63, 3.8) is 0 Å². The lowest BCUT2D eigenvalue weighted by Gasteiger charge is -2.29. The Morgan fingerprint density at radius 3 is 2.29 bits per heavy atom. The lowest BCUT2D eigenvalue weighted by Crippen LogP contribution is -2.44. The van der Waals surface area contributed by atoms with Crippen molar-refractivity contribution in [2.75, 3.05) is 11.9 Å². The Balaban J connectivity index is 1.68. The highest BCUT2D eigenvalue weighted by molar-refractivity contribution is 5.89. The van der Waals surface area contributed by atoms with Crippen molar-refractivity contribution in [2.24, 2.45) is 5.92 Å². The van der Waals surface area contributed by atoms with E-state index < -0.39 is 29.0 Å². The molecule has 0 spiro atoms. The molecule has 2 amide bonds. The van der Waals surface area contributed by atoms with Gasteiger partial charge in [-0.25, -0.2) is 13.6 Å². The second-order valence-electron chi connectivity index (χ2n) is 5.97. The molecule has 126 valence electrons. The summed E-state index contributed by atoms with van der Waals surface area (Å²) in [6.07, 6.45) is 1.74. The highest BCUT2D eigenvalue weighted by Gasteiger charge is 2.45. The minimum atomic E-state index is -1.19. The minimum absolute atomic E-state index is 0.0381. The maximum atomic E-state index is 13.6. The third-order valence-corrected chi connectivity index (χ3v) is 4.25. The molecule has 6 heteroatoms. The lowest BCUT2D eigenvalue weighted by atomic mass is 9.89. The van der Waals surface area contributed by atoms with Crippen molar-refractivity contribution >= 4 is 11.7 Å². The van der Waals surface area contributed by atoms with Gasteiger partial charge in [0.15, 0.2) is 0 Å². The molecule has 1 aliphatic rings. The van der Waals surface area contributed by atoms with Crippen LogP contribution in [0, 0.1) is 17.6 Å². The average molecular weight is 332 g/mol. The van der Waals surface area contributed by atoms with Gasteiger partial charge in [-0.15, -0.1) is 0 Å². The van der Waals surface area contributed by atoms with Crippen LogP contribution >= 0.6 is 0 Å². The fourth-order valence-corrected chi connectivity index (χ4v) is 2.76. The number of hydrogen-bond donors (Lipinski definition) is 3. The Bertz CT molecular complexity index is 715. The fourth-order valence-electron chi connectivity index (χ4n) is 2.76. The van der Waals surface area contributed by atoms with E-state index in [1.807, 2.05) is 18.2 Å². The molecule has 4 nitrogen and oxygen atoms in total. The number of para-hydroxylation sites is 1. The van der Waals surface area contributed by atoms with Crippen LogP contribution in [-0.4, -0.2) is 17.7 Å². The van der Waals surface area contributed by atoms with E-state index in [1.165, 1.54) is 6.07 Å². The molecule has 2 aromatic carbocycles. The summed E-state index contributed by atoms with van der Waals surface area (Å²) in [5, 5.41) is 15.6. The van der Waals surface area contributed by atoms with Gasteiger partial charge in [0, 0.05) is 0 Å². The molecule has 3 rings (SSSR count). The van der Waals surface area contributed by atoms with Crippen LogP contribution in [0.1, 0.15) is 18.4 Å². The molecule has 0 aromatic heterocycles. The first kappa shape index (κ1) is 16.4. The first-order valence-electron chi connectivity index (χ1n) is 7.77. The van der Waals surface area contributed by atoms with Gasteiger partial charge in [0.25, 0.3) is 0 Å². The topological polar surface area (TPSA) is 61.4 Å². The number of nitrogens with one attached hydrogen (secondary N) is 2. The Labute approximate surface area is 138 Å². The van der Waals surface area contributed by atoms with Gasteiger partial charge in [-0.05, 0) is 36.5 Å². The van der Waals surface area contributed by atoms with Crippen molar-refractivity contribution in [2.45, 2.75) is 18.4 Å². The Kier molecular flexibility index (Phi) is 4.49. The number of benzene rings is 2. The van der Waals surface area contributed by atoms with Crippen molar-refractivity contribution in [3.05, 3.63) is 65.7 Å². The van der Waals surface area contributed by atoms with E-state index in [4.69, 9.17) is 0 Å². The van der Waals surface area contributed by atoms with Gasteiger partial charge in [-0.2, -0.15) is 0 Å². The molecule has 0 radical (unpaired) electrons. The van der Waals surface area contributed by atoms with Crippen LogP contribution in [0.25, 0.3) is 0 Å². The van der Waals surface area contributed by atoms with Crippen LogP contribution in [0.15, 0.2) is 48.5 Å². The second-order valence-corrected chi connectivity index (χ2v) is 5.97. The molecule has 0 saturated heterocycles. The second kappa shape index (κ2) is 6.57. The standard InChI is InChI=1S/C18H18F2N2O2/c19-14-7-4-8-15(20)16(14)22-17(23)21-11-18(24,13-9-10-13)12-5-2-1-3-6-12/h1-8,13,24H,9-11H2,(H2,21,22,23)/t18-/m1/s1. The number of carbonyl (C=O) groups is 1. The third-order valence-electron chi connectivity index (χ3n) is 4.25. The predicted molar refractivity (Wildman–Crippen MR) is 86.4 cm³/mol. The van der Waals surface area contributed by atoms with Crippen molar-refractivity contribution in [1.29, 1.82) is 0 Å². The molecule has 0 aliphatic heterocycles. The minimum Gasteiger partial charge on any atom is -0.383 e. The maximum Gasteiger partial charge on any atom is 0.319 e. The van der Waals surface area contributed by atoms with Crippen molar-refractivity contribution in [1.82, 2.24) is 5.32 Å².